The Morgan fingerprint density at radius 1 is 1.14 bits per heavy atom. The van der Waals surface area contributed by atoms with Crippen LogP contribution < -0.4 is 0 Å². The molecule has 5 aliphatic rings. The highest BCUT2D eigenvalue weighted by molar-refractivity contribution is 5.76. The normalized spacial score (nSPS) is 53.8. The highest BCUT2D eigenvalue weighted by atomic mass is 16.6. The third-order valence-electron chi connectivity index (χ3n) is 7.67. The first-order chi connectivity index (χ1) is 10.1. The molecule has 2 unspecified atom stereocenters. The smallest absolute Gasteiger partial charge is 0.309 e. The van der Waals surface area contributed by atoms with Gasteiger partial charge < -0.3 is 9.84 Å². The maximum Gasteiger partial charge on any atom is 0.309 e. The van der Waals surface area contributed by atoms with E-state index in [0.29, 0.717) is 11.8 Å². The maximum absolute atomic E-state index is 12.0. The van der Waals surface area contributed by atoms with Gasteiger partial charge in [-0.15, -0.1) is 0 Å². The fraction of sp³-hybridized carbons (Fsp3) is 0.833. The first-order valence-electron chi connectivity index (χ1n) is 8.78. The summed E-state index contributed by atoms with van der Waals surface area (Å²) >= 11 is 0. The van der Waals surface area contributed by atoms with Crippen molar-refractivity contribution < 1.29 is 14.6 Å². The van der Waals surface area contributed by atoms with Crippen LogP contribution in [0.4, 0.5) is 0 Å². The second-order valence-electron chi connectivity index (χ2n) is 8.05. The Balaban J connectivity index is 1.57. The summed E-state index contributed by atoms with van der Waals surface area (Å²) in [6, 6.07) is 0. The molecule has 114 valence electrons. The highest BCUT2D eigenvalue weighted by Crippen LogP contribution is 2.74. The van der Waals surface area contributed by atoms with Gasteiger partial charge in [-0.1, -0.05) is 12.5 Å². The van der Waals surface area contributed by atoms with Gasteiger partial charge in [-0.2, -0.15) is 0 Å². The molecule has 0 radical (unpaired) electrons. The van der Waals surface area contributed by atoms with Crippen molar-refractivity contribution in [2.24, 2.45) is 17.3 Å². The monoisotopic (exact) mass is 288 g/mol. The molecule has 0 aromatic carbocycles. The lowest BCUT2D eigenvalue weighted by Crippen LogP contribution is -2.53. The second-order valence-corrected chi connectivity index (χ2v) is 8.05. The number of hydrogen-bond acceptors (Lipinski definition) is 2. The van der Waals surface area contributed by atoms with Gasteiger partial charge in [0, 0.05) is 0 Å². The van der Waals surface area contributed by atoms with E-state index in [0.717, 1.165) is 44.9 Å². The lowest BCUT2D eigenvalue weighted by Gasteiger charge is -2.48. The predicted octanol–water partition coefficient (Wildman–Crippen LogP) is 3.68. The highest BCUT2D eigenvalue weighted by Gasteiger charge is 2.79. The number of hydrogen-bond donors (Lipinski definition) is 1. The van der Waals surface area contributed by atoms with Gasteiger partial charge in [-0.25, -0.2) is 0 Å². The Morgan fingerprint density at radius 3 is 2.90 bits per heavy atom. The Bertz CT molecular complexity index is 553. The van der Waals surface area contributed by atoms with Gasteiger partial charge in [0.05, 0.1) is 5.41 Å². The van der Waals surface area contributed by atoms with Crippen molar-refractivity contribution in [2.45, 2.75) is 75.4 Å². The van der Waals surface area contributed by atoms with E-state index in [9.17, 15) is 9.90 Å². The van der Waals surface area contributed by atoms with Crippen molar-refractivity contribution in [1.82, 2.24) is 0 Å². The summed E-state index contributed by atoms with van der Waals surface area (Å²) in [4.78, 5) is 12.0. The van der Waals surface area contributed by atoms with Gasteiger partial charge in [0.15, 0.2) is 0 Å². The number of rotatable bonds is 1. The van der Waals surface area contributed by atoms with Gasteiger partial charge in [-0.05, 0) is 75.2 Å². The third-order valence-corrected chi connectivity index (χ3v) is 7.67. The zero-order chi connectivity index (χ0) is 14.3. The van der Waals surface area contributed by atoms with Crippen LogP contribution in [0.1, 0.15) is 64.2 Å². The Kier molecular flexibility index (Phi) is 2.26. The first kappa shape index (κ1) is 12.7. The quantitative estimate of drug-likeness (QED) is 0.591. The topological polar surface area (TPSA) is 49.8 Å². The molecule has 0 bridgehead atoms. The second kappa shape index (κ2) is 3.73. The number of fused-ring (bicyclic) bond motifs is 2. The lowest BCUT2D eigenvalue weighted by atomic mass is 9.52. The van der Waals surface area contributed by atoms with Crippen LogP contribution in [0.25, 0.3) is 0 Å². The molecule has 4 fully saturated rings. The first-order valence-corrected chi connectivity index (χ1v) is 8.78. The molecule has 2 spiro atoms. The van der Waals surface area contributed by atoms with Crippen molar-refractivity contribution in [3.05, 3.63) is 11.6 Å². The molecule has 5 atom stereocenters. The van der Waals surface area contributed by atoms with E-state index in [1.165, 1.54) is 19.3 Å². The number of aliphatic carboxylic acids is 1. The Morgan fingerprint density at radius 2 is 2.05 bits per heavy atom. The fourth-order valence-corrected chi connectivity index (χ4v) is 6.80. The fourth-order valence-electron chi connectivity index (χ4n) is 6.80. The molecule has 0 aromatic rings. The van der Waals surface area contributed by atoms with Crippen molar-refractivity contribution in [3.8, 4) is 0 Å². The largest absolute Gasteiger partial charge is 0.481 e. The summed E-state index contributed by atoms with van der Waals surface area (Å²) in [5, 5.41) is 9.87. The molecular weight excluding hydrogens is 264 g/mol. The molecule has 3 nitrogen and oxygen atoms in total. The van der Waals surface area contributed by atoms with Crippen molar-refractivity contribution in [2.75, 3.05) is 0 Å². The average Bonchev–Trinajstić information content (AvgIpc) is 2.91. The molecule has 0 aromatic heterocycles. The number of epoxide rings is 1. The molecule has 3 saturated carbocycles. The van der Waals surface area contributed by atoms with Crippen LogP contribution >= 0.6 is 0 Å². The van der Waals surface area contributed by atoms with E-state index in [1.54, 1.807) is 5.57 Å². The van der Waals surface area contributed by atoms with Crippen molar-refractivity contribution >= 4 is 5.97 Å². The molecule has 1 saturated heterocycles. The predicted molar refractivity (Wildman–Crippen MR) is 77.8 cm³/mol. The number of carbonyl (C=O) groups is 1. The average molecular weight is 288 g/mol. The molecule has 1 heterocycles. The number of carboxylic acids is 1. The van der Waals surface area contributed by atoms with Crippen LogP contribution in [0.2, 0.25) is 0 Å². The van der Waals surface area contributed by atoms with E-state index in [2.05, 4.69) is 6.08 Å². The Labute approximate surface area is 125 Å². The van der Waals surface area contributed by atoms with E-state index < -0.39 is 11.4 Å². The third kappa shape index (κ3) is 1.25. The molecule has 3 heteroatoms. The summed E-state index contributed by atoms with van der Waals surface area (Å²) in [6.07, 6.45) is 13.3. The minimum atomic E-state index is -0.528. The summed E-state index contributed by atoms with van der Waals surface area (Å²) in [7, 11) is 0. The molecule has 0 amide bonds. The van der Waals surface area contributed by atoms with E-state index >= 15 is 0 Å². The van der Waals surface area contributed by atoms with Crippen LogP contribution in [-0.2, 0) is 9.53 Å². The number of carboxylic acid groups (broad SMARTS) is 1. The van der Waals surface area contributed by atoms with Gasteiger partial charge in [-0.3, -0.25) is 4.79 Å². The van der Waals surface area contributed by atoms with E-state index in [-0.39, 0.29) is 11.2 Å². The summed E-state index contributed by atoms with van der Waals surface area (Å²) in [5.41, 5.74) is 1.22. The lowest BCUT2D eigenvalue weighted by molar-refractivity contribution is -0.158. The van der Waals surface area contributed by atoms with E-state index in [4.69, 9.17) is 4.74 Å². The van der Waals surface area contributed by atoms with Crippen LogP contribution in [0.5, 0.6) is 0 Å². The van der Waals surface area contributed by atoms with Gasteiger partial charge in [0.1, 0.15) is 11.2 Å². The number of allylic oxidation sites excluding steroid dienone is 1. The van der Waals surface area contributed by atoms with E-state index in [1.807, 2.05) is 0 Å². The summed E-state index contributed by atoms with van der Waals surface area (Å²) < 4.78 is 6.53. The van der Waals surface area contributed by atoms with Gasteiger partial charge >= 0.3 is 5.97 Å². The zero-order valence-electron chi connectivity index (χ0n) is 12.6. The zero-order valence-corrected chi connectivity index (χ0v) is 12.6. The molecule has 1 aliphatic heterocycles. The standard InChI is InChI=1S/C18H24O3/c19-15(20)16-8-3-5-13(16)14-7-6-12-4-1-2-9-17(12)18(14,21-17)11-10-16/h4,13-14H,1-3,5-11H2,(H,19,20)/t13?,14?,16-,17+,18-/m1/s1. The molecule has 1 N–H and O–H groups in total. The minimum Gasteiger partial charge on any atom is -0.481 e. The maximum atomic E-state index is 12.0. The molecule has 4 aliphatic carbocycles. The summed E-state index contributed by atoms with van der Waals surface area (Å²) in [5.74, 6) is 0.339. The molecular formula is C18H24O3. The minimum absolute atomic E-state index is 0.0332. The van der Waals surface area contributed by atoms with Crippen LogP contribution in [-0.4, -0.2) is 22.3 Å². The van der Waals surface area contributed by atoms with Crippen LogP contribution in [0.3, 0.4) is 0 Å². The van der Waals surface area contributed by atoms with Gasteiger partial charge in [0.2, 0.25) is 0 Å². The SMILES string of the molecule is O=C(O)[C@@]12CCCC1C1CCC3=CCCC[C@]34O[C@]14CC2. The Hall–Kier alpha value is -0.830. The molecule has 5 rings (SSSR count). The number of ether oxygens (including phenoxy) is 1. The van der Waals surface area contributed by atoms with Crippen LogP contribution in [0.15, 0.2) is 11.6 Å². The molecule has 21 heavy (non-hydrogen) atoms. The van der Waals surface area contributed by atoms with Crippen LogP contribution in [0, 0.1) is 17.3 Å². The summed E-state index contributed by atoms with van der Waals surface area (Å²) in [6.45, 7) is 0. The van der Waals surface area contributed by atoms with Crippen molar-refractivity contribution in [1.29, 1.82) is 0 Å². The van der Waals surface area contributed by atoms with Gasteiger partial charge in [0.25, 0.3) is 0 Å². The van der Waals surface area contributed by atoms with Crippen molar-refractivity contribution in [3.63, 3.8) is 0 Å².